The minimum Gasteiger partial charge on any atom is -0.384 e. The minimum absolute atomic E-state index is 0.0811. The lowest BCUT2D eigenvalue weighted by Gasteiger charge is -2.12. The molecular weight excluding hydrogens is 337 g/mol. The van der Waals surface area contributed by atoms with Gasteiger partial charge in [-0.1, -0.05) is 6.92 Å². The van der Waals surface area contributed by atoms with E-state index in [1.54, 1.807) is 0 Å². The van der Waals surface area contributed by atoms with E-state index in [9.17, 15) is 18.0 Å². The van der Waals surface area contributed by atoms with E-state index >= 15 is 0 Å². The van der Waals surface area contributed by atoms with Crippen LogP contribution < -0.4 is 10.6 Å². The van der Waals surface area contributed by atoms with Gasteiger partial charge < -0.3 is 10.6 Å². The van der Waals surface area contributed by atoms with Crippen LogP contribution in [-0.4, -0.2) is 19.0 Å². The number of rotatable bonds is 6. The van der Waals surface area contributed by atoms with Gasteiger partial charge in [0, 0.05) is 29.7 Å². The molecule has 1 amide bonds. The van der Waals surface area contributed by atoms with E-state index in [4.69, 9.17) is 0 Å². The van der Waals surface area contributed by atoms with Crippen LogP contribution in [0.15, 0.2) is 22.7 Å². The Labute approximate surface area is 124 Å². The molecule has 0 bridgehead atoms. The van der Waals surface area contributed by atoms with Crippen molar-refractivity contribution in [1.29, 1.82) is 0 Å². The van der Waals surface area contributed by atoms with Crippen molar-refractivity contribution in [1.82, 2.24) is 5.32 Å². The Balaban J connectivity index is 2.51. The Kier molecular flexibility index (Phi) is 6.32. The number of anilines is 1. The summed E-state index contributed by atoms with van der Waals surface area (Å²) in [5, 5.41) is 5.65. The van der Waals surface area contributed by atoms with Crippen molar-refractivity contribution in [2.24, 2.45) is 0 Å². The molecule has 3 nitrogen and oxygen atoms in total. The molecule has 0 spiro atoms. The van der Waals surface area contributed by atoms with Gasteiger partial charge in [-0.2, -0.15) is 13.2 Å². The molecule has 0 aliphatic heterocycles. The largest absolute Gasteiger partial charge is 0.416 e. The van der Waals surface area contributed by atoms with Crippen molar-refractivity contribution in [3.63, 3.8) is 0 Å². The summed E-state index contributed by atoms with van der Waals surface area (Å²) < 4.78 is 37.8. The summed E-state index contributed by atoms with van der Waals surface area (Å²) in [6.45, 7) is 2.94. The van der Waals surface area contributed by atoms with Crippen LogP contribution in [-0.2, 0) is 11.0 Å². The van der Waals surface area contributed by atoms with Crippen LogP contribution in [0.5, 0.6) is 0 Å². The predicted octanol–water partition coefficient (Wildman–Crippen LogP) is 3.80. The topological polar surface area (TPSA) is 41.1 Å². The summed E-state index contributed by atoms with van der Waals surface area (Å²) >= 11 is 3.09. The van der Waals surface area contributed by atoms with Crippen molar-refractivity contribution >= 4 is 27.5 Å². The van der Waals surface area contributed by atoms with E-state index in [1.807, 2.05) is 6.92 Å². The Bertz CT molecular complexity index is 463. The number of hydrogen-bond acceptors (Lipinski definition) is 2. The van der Waals surface area contributed by atoms with Crippen LogP contribution in [0.25, 0.3) is 0 Å². The third-order valence-corrected chi connectivity index (χ3v) is 3.19. The van der Waals surface area contributed by atoms with E-state index in [0.29, 0.717) is 23.2 Å². The molecule has 0 unspecified atom stereocenters. The number of carbonyl (C=O) groups excluding carboxylic acids is 1. The highest BCUT2D eigenvalue weighted by Gasteiger charge is 2.30. The molecule has 1 rings (SSSR count). The molecule has 0 aliphatic rings. The molecule has 2 N–H and O–H groups in total. The molecule has 0 aromatic heterocycles. The van der Waals surface area contributed by atoms with Gasteiger partial charge in [-0.15, -0.1) is 0 Å². The van der Waals surface area contributed by atoms with Gasteiger partial charge in [-0.25, -0.2) is 0 Å². The van der Waals surface area contributed by atoms with Crippen molar-refractivity contribution < 1.29 is 18.0 Å². The second-order valence-corrected chi connectivity index (χ2v) is 5.07. The second-order valence-electron chi connectivity index (χ2n) is 4.22. The Morgan fingerprint density at radius 3 is 2.55 bits per heavy atom. The molecule has 20 heavy (non-hydrogen) atoms. The number of alkyl halides is 3. The molecule has 112 valence electrons. The Morgan fingerprint density at radius 1 is 1.30 bits per heavy atom. The first-order valence-electron chi connectivity index (χ1n) is 6.22. The molecule has 0 saturated heterocycles. The summed E-state index contributed by atoms with van der Waals surface area (Å²) in [6.07, 6.45) is -3.22. The van der Waals surface area contributed by atoms with Gasteiger partial charge in [-0.3, -0.25) is 4.79 Å². The summed E-state index contributed by atoms with van der Waals surface area (Å²) in [7, 11) is 0. The number of carbonyl (C=O) groups is 1. The van der Waals surface area contributed by atoms with Gasteiger partial charge in [0.15, 0.2) is 0 Å². The lowest BCUT2D eigenvalue weighted by atomic mass is 10.2. The van der Waals surface area contributed by atoms with Crippen LogP contribution in [0.2, 0.25) is 0 Å². The number of halogens is 4. The first-order chi connectivity index (χ1) is 9.34. The molecule has 0 saturated carbocycles. The normalized spacial score (nSPS) is 11.2. The van der Waals surface area contributed by atoms with E-state index < -0.39 is 11.7 Å². The average Bonchev–Trinajstić information content (AvgIpc) is 2.37. The fourth-order valence-corrected chi connectivity index (χ4v) is 2.02. The summed E-state index contributed by atoms with van der Waals surface area (Å²) in [5.74, 6) is -0.0811. The highest BCUT2D eigenvalue weighted by atomic mass is 79.9. The quantitative estimate of drug-likeness (QED) is 0.817. The van der Waals surface area contributed by atoms with Crippen molar-refractivity contribution in [2.75, 3.05) is 18.4 Å². The number of amides is 1. The third kappa shape index (κ3) is 5.40. The second kappa shape index (κ2) is 7.52. The first kappa shape index (κ1) is 16.8. The lowest BCUT2D eigenvalue weighted by Crippen LogP contribution is -2.25. The Morgan fingerprint density at radius 2 is 2.00 bits per heavy atom. The number of nitrogens with one attached hydrogen (secondary N) is 2. The predicted molar refractivity (Wildman–Crippen MR) is 75.6 cm³/mol. The maximum atomic E-state index is 12.5. The van der Waals surface area contributed by atoms with Crippen LogP contribution in [0, 0.1) is 0 Å². The van der Waals surface area contributed by atoms with Gasteiger partial charge in [0.05, 0.1) is 5.56 Å². The molecule has 1 aromatic rings. The monoisotopic (exact) mass is 352 g/mol. The third-order valence-electron chi connectivity index (χ3n) is 2.54. The van der Waals surface area contributed by atoms with Crippen molar-refractivity contribution in [3.05, 3.63) is 28.2 Å². The zero-order chi connectivity index (χ0) is 15.2. The lowest BCUT2D eigenvalue weighted by molar-refractivity contribution is -0.137. The maximum Gasteiger partial charge on any atom is 0.416 e. The SMILES string of the molecule is CCCNC(=O)CCNc1ccc(C(F)(F)F)cc1Br. The maximum absolute atomic E-state index is 12.5. The van der Waals surface area contributed by atoms with E-state index in [2.05, 4.69) is 26.6 Å². The van der Waals surface area contributed by atoms with E-state index in [0.717, 1.165) is 18.6 Å². The standard InChI is InChI=1S/C13H16BrF3N2O/c1-2-6-19-12(20)5-7-18-11-4-3-9(8-10(11)14)13(15,16)17/h3-4,8,18H,2,5-7H2,1H3,(H,19,20). The molecular formula is C13H16BrF3N2O. The smallest absolute Gasteiger partial charge is 0.384 e. The summed E-state index contributed by atoms with van der Waals surface area (Å²) in [5.41, 5.74) is -0.183. The van der Waals surface area contributed by atoms with Gasteiger partial charge >= 0.3 is 6.18 Å². The van der Waals surface area contributed by atoms with Gasteiger partial charge in [0.1, 0.15) is 0 Å². The number of benzene rings is 1. The average molecular weight is 353 g/mol. The molecule has 0 atom stereocenters. The van der Waals surface area contributed by atoms with Gasteiger partial charge in [0.2, 0.25) is 5.91 Å². The van der Waals surface area contributed by atoms with Crippen LogP contribution >= 0.6 is 15.9 Å². The molecule has 0 aliphatic carbocycles. The van der Waals surface area contributed by atoms with Crippen LogP contribution in [0.3, 0.4) is 0 Å². The van der Waals surface area contributed by atoms with Crippen molar-refractivity contribution in [2.45, 2.75) is 25.9 Å². The molecule has 7 heteroatoms. The zero-order valence-electron chi connectivity index (χ0n) is 11.0. The molecule has 0 heterocycles. The fourth-order valence-electron chi connectivity index (χ4n) is 1.50. The molecule has 0 radical (unpaired) electrons. The first-order valence-corrected chi connectivity index (χ1v) is 7.01. The summed E-state index contributed by atoms with van der Waals surface area (Å²) in [4.78, 5) is 11.4. The van der Waals surface area contributed by atoms with Gasteiger partial charge in [0.25, 0.3) is 0 Å². The fraction of sp³-hybridized carbons (Fsp3) is 0.462. The van der Waals surface area contributed by atoms with Crippen molar-refractivity contribution in [3.8, 4) is 0 Å². The highest BCUT2D eigenvalue weighted by Crippen LogP contribution is 2.33. The number of hydrogen-bond donors (Lipinski definition) is 2. The zero-order valence-corrected chi connectivity index (χ0v) is 12.6. The van der Waals surface area contributed by atoms with E-state index in [1.165, 1.54) is 6.07 Å². The summed E-state index contributed by atoms with van der Waals surface area (Å²) in [6, 6.07) is 3.36. The minimum atomic E-state index is -4.36. The van der Waals surface area contributed by atoms with Gasteiger partial charge in [-0.05, 0) is 40.5 Å². The Hall–Kier alpha value is -1.24. The highest BCUT2D eigenvalue weighted by molar-refractivity contribution is 9.10. The van der Waals surface area contributed by atoms with Crippen LogP contribution in [0.4, 0.5) is 18.9 Å². The molecule has 1 aromatic carbocycles. The van der Waals surface area contributed by atoms with E-state index in [-0.39, 0.29) is 12.3 Å². The van der Waals surface area contributed by atoms with Crippen LogP contribution in [0.1, 0.15) is 25.3 Å². The molecule has 0 fully saturated rings.